The van der Waals surface area contributed by atoms with Gasteiger partial charge in [-0.3, -0.25) is 0 Å². The second kappa shape index (κ2) is 14.3. The minimum Gasteiger partial charge on any atom is -0.456 e. The van der Waals surface area contributed by atoms with Gasteiger partial charge in [-0.15, -0.1) is 0 Å². The lowest BCUT2D eigenvalue weighted by Gasteiger charge is -2.26. The average molecular weight is 727 g/mol. The Labute approximate surface area is 324 Å². The van der Waals surface area contributed by atoms with Crippen molar-refractivity contribution in [3.63, 3.8) is 0 Å². The van der Waals surface area contributed by atoms with Crippen LogP contribution in [0.2, 0.25) is 19.6 Å². The van der Waals surface area contributed by atoms with E-state index in [1.54, 1.807) is 0 Å². The molecule has 4 heteroatoms. The number of fused-ring (bicyclic) bond motifs is 3. The predicted molar refractivity (Wildman–Crippen MR) is 237 cm³/mol. The van der Waals surface area contributed by atoms with Crippen LogP contribution in [0.3, 0.4) is 0 Å². The van der Waals surface area contributed by atoms with Crippen LogP contribution in [-0.4, -0.2) is 8.07 Å². The summed E-state index contributed by atoms with van der Waals surface area (Å²) in [5.74, 6) is 0. The first-order valence-corrected chi connectivity index (χ1v) is 22.4. The Bertz CT molecular complexity index is 2700. The molecule has 0 bridgehead atoms. The molecular weight excluding hydrogens is 685 g/mol. The number of para-hydroxylation sites is 3. The second-order valence-corrected chi connectivity index (χ2v) is 20.1. The van der Waals surface area contributed by atoms with Gasteiger partial charge in [-0.25, -0.2) is 0 Å². The van der Waals surface area contributed by atoms with Crippen molar-refractivity contribution in [3.05, 3.63) is 200 Å². The lowest BCUT2D eigenvalue weighted by atomic mass is 9.99. The molecule has 0 saturated heterocycles. The zero-order chi connectivity index (χ0) is 37.4. The van der Waals surface area contributed by atoms with E-state index in [1.807, 2.05) is 12.1 Å². The largest absolute Gasteiger partial charge is 0.456 e. The van der Waals surface area contributed by atoms with Crippen LogP contribution in [-0.2, 0) is 0 Å². The van der Waals surface area contributed by atoms with Crippen molar-refractivity contribution in [2.45, 2.75) is 19.6 Å². The van der Waals surface area contributed by atoms with Crippen LogP contribution in [0.25, 0.3) is 44.2 Å². The van der Waals surface area contributed by atoms with E-state index in [9.17, 15) is 0 Å². The Morgan fingerprint density at radius 1 is 0.345 bits per heavy atom. The van der Waals surface area contributed by atoms with E-state index in [2.05, 4.69) is 217 Å². The van der Waals surface area contributed by atoms with E-state index in [-0.39, 0.29) is 0 Å². The van der Waals surface area contributed by atoms with Crippen molar-refractivity contribution in [1.82, 2.24) is 0 Å². The quantitative estimate of drug-likeness (QED) is 0.138. The van der Waals surface area contributed by atoms with Gasteiger partial charge in [0.1, 0.15) is 11.2 Å². The third-order valence-corrected chi connectivity index (χ3v) is 12.5. The zero-order valence-electron chi connectivity index (χ0n) is 31.4. The fourth-order valence-corrected chi connectivity index (χ4v) is 8.71. The molecule has 1 heterocycles. The van der Waals surface area contributed by atoms with Gasteiger partial charge in [0.15, 0.2) is 0 Å². The number of furan rings is 1. The Balaban J connectivity index is 0.993. The van der Waals surface area contributed by atoms with Crippen molar-refractivity contribution in [2.24, 2.45) is 0 Å². The lowest BCUT2D eigenvalue weighted by Crippen LogP contribution is -2.37. The number of hydrogen-bond acceptors (Lipinski definition) is 3. The molecule has 0 aliphatic heterocycles. The highest BCUT2D eigenvalue weighted by molar-refractivity contribution is 6.88. The van der Waals surface area contributed by atoms with Crippen molar-refractivity contribution < 1.29 is 4.42 Å². The standard InChI is InChI=1S/C51H42N2OSi/c1-55(2,3)46-35-33-44(34-36-46)52(41-13-6-4-7-14-41)43-29-25-39(26-30-43)37-21-23-38(24-22-37)40-27-31-45(32-28-40)53(42-15-8-5-9-16-42)48-18-12-20-50-51(48)47-17-10-11-19-49(47)54-50/h4-36H,1-3H3. The van der Waals surface area contributed by atoms with Crippen LogP contribution in [0.15, 0.2) is 205 Å². The first-order chi connectivity index (χ1) is 26.9. The summed E-state index contributed by atoms with van der Waals surface area (Å²) in [6, 6.07) is 71.6. The molecule has 0 spiro atoms. The minimum atomic E-state index is -1.39. The van der Waals surface area contributed by atoms with Crippen molar-refractivity contribution in [2.75, 3.05) is 9.80 Å². The summed E-state index contributed by atoms with van der Waals surface area (Å²) in [6.45, 7) is 7.18. The molecule has 8 aromatic carbocycles. The topological polar surface area (TPSA) is 19.6 Å². The smallest absolute Gasteiger partial charge is 0.137 e. The van der Waals surface area contributed by atoms with Crippen LogP contribution < -0.4 is 15.0 Å². The minimum absolute atomic E-state index is 0.881. The van der Waals surface area contributed by atoms with Gasteiger partial charge in [0.25, 0.3) is 0 Å². The molecule has 9 rings (SSSR count). The molecule has 0 N–H and O–H groups in total. The number of rotatable bonds is 9. The molecule has 266 valence electrons. The summed E-state index contributed by atoms with van der Waals surface area (Å²) >= 11 is 0. The molecule has 0 saturated carbocycles. The Kier molecular flexibility index (Phi) is 8.89. The van der Waals surface area contributed by atoms with Crippen LogP contribution in [0, 0.1) is 0 Å². The predicted octanol–water partition coefficient (Wildman–Crippen LogP) is 14.4. The van der Waals surface area contributed by atoms with Gasteiger partial charge < -0.3 is 14.2 Å². The summed E-state index contributed by atoms with van der Waals surface area (Å²) < 4.78 is 6.27. The number of nitrogens with zero attached hydrogens (tertiary/aromatic N) is 2. The maximum absolute atomic E-state index is 6.27. The second-order valence-electron chi connectivity index (χ2n) is 15.1. The Morgan fingerprint density at radius 2 is 0.745 bits per heavy atom. The molecule has 9 aromatic rings. The van der Waals surface area contributed by atoms with E-state index in [4.69, 9.17) is 4.42 Å². The first kappa shape index (κ1) is 34.2. The number of anilines is 6. The van der Waals surface area contributed by atoms with Gasteiger partial charge in [-0.05, 0) is 101 Å². The first-order valence-electron chi connectivity index (χ1n) is 18.9. The summed E-state index contributed by atoms with van der Waals surface area (Å²) in [6.07, 6.45) is 0. The SMILES string of the molecule is C[Si](C)(C)c1ccc(N(c2ccccc2)c2ccc(-c3ccc(-c4ccc(N(c5ccccc5)c5cccc6oc7ccccc7c56)cc4)cc3)cc2)cc1. The fraction of sp³-hybridized carbons (Fsp3) is 0.0588. The third kappa shape index (κ3) is 6.73. The molecular formula is C51H42N2OSi. The molecule has 1 aromatic heterocycles. The molecule has 0 fully saturated rings. The normalized spacial score (nSPS) is 11.5. The van der Waals surface area contributed by atoms with Crippen molar-refractivity contribution in [1.29, 1.82) is 0 Å². The van der Waals surface area contributed by atoms with Crippen molar-refractivity contribution >= 4 is 69.3 Å². The summed E-state index contributed by atoms with van der Waals surface area (Å²) in [4.78, 5) is 4.66. The third-order valence-electron chi connectivity index (χ3n) is 10.4. The number of benzene rings is 8. The summed E-state index contributed by atoms with van der Waals surface area (Å²) in [7, 11) is -1.39. The van der Waals surface area contributed by atoms with Gasteiger partial charge in [0.05, 0.1) is 19.1 Å². The number of hydrogen-bond donors (Lipinski definition) is 0. The molecule has 0 unspecified atom stereocenters. The Hall–Kier alpha value is -6.62. The van der Waals surface area contributed by atoms with Gasteiger partial charge in [0, 0.05) is 33.8 Å². The highest BCUT2D eigenvalue weighted by atomic mass is 28.3. The molecule has 0 amide bonds. The van der Waals surface area contributed by atoms with E-state index in [0.29, 0.717) is 0 Å². The van der Waals surface area contributed by atoms with Crippen LogP contribution in [0.5, 0.6) is 0 Å². The highest BCUT2D eigenvalue weighted by Crippen LogP contribution is 2.43. The van der Waals surface area contributed by atoms with E-state index < -0.39 is 8.07 Å². The van der Waals surface area contributed by atoms with E-state index >= 15 is 0 Å². The van der Waals surface area contributed by atoms with Gasteiger partial charge >= 0.3 is 0 Å². The summed E-state index contributed by atoms with van der Waals surface area (Å²) in [5.41, 5.74) is 13.2. The Morgan fingerprint density at radius 3 is 1.27 bits per heavy atom. The monoisotopic (exact) mass is 726 g/mol. The molecule has 3 nitrogen and oxygen atoms in total. The van der Waals surface area contributed by atoms with Crippen molar-refractivity contribution in [3.8, 4) is 22.3 Å². The molecule has 0 radical (unpaired) electrons. The van der Waals surface area contributed by atoms with E-state index in [1.165, 1.54) is 27.4 Å². The highest BCUT2D eigenvalue weighted by Gasteiger charge is 2.20. The van der Waals surface area contributed by atoms with Crippen LogP contribution in [0.4, 0.5) is 34.1 Å². The average Bonchev–Trinajstić information content (AvgIpc) is 3.62. The molecule has 0 aliphatic carbocycles. The molecule has 0 atom stereocenters. The molecule has 55 heavy (non-hydrogen) atoms. The maximum Gasteiger partial charge on any atom is 0.137 e. The lowest BCUT2D eigenvalue weighted by molar-refractivity contribution is 0.669. The van der Waals surface area contributed by atoms with Gasteiger partial charge in [-0.2, -0.15) is 0 Å². The van der Waals surface area contributed by atoms with Gasteiger partial charge in [0.2, 0.25) is 0 Å². The van der Waals surface area contributed by atoms with Crippen LogP contribution in [0.1, 0.15) is 0 Å². The fourth-order valence-electron chi connectivity index (χ4n) is 7.54. The molecule has 0 aliphatic rings. The van der Waals surface area contributed by atoms with Gasteiger partial charge in [-0.1, -0.05) is 146 Å². The maximum atomic E-state index is 6.27. The summed E-state index contributed by atoms with van der Waals surface area (Å²) in [5, 5.41) is 3.69. The van der Waals surface area contributed by atoms with E-state index in [0.717, 1.165) is 56.1 Å². The zero-order valence-corrected chi connectivity index (χ0v) is 32.4. The van der Waals surface area contributed by atoms with Crippen LogP contribution >= 0.6 is 0 Å².